The Morgan fingerprint density at radius 2 is 1.79 bits per heavy atom. The van der Waals surface area contributed by atoms with E-state index >= 15 is 0 Å². The van der Waals surface area contributed by atoms with Crippen molar-refractivity contribution in [3.63, 3.8) is 0 Å². The average molecular weight is 532 g/mol. The first-order valence-electron chi connectivity index (χ1n) is 12.0. The Labute approximate surface area is 223 Å². The zero-order chi connectivity index (χ0) is 26.8. The summed E-state index contributed by atoms with van der Waals surface area (Å²) in [6.07, 6.45) is 0. The molecule has 0 radical (unpaired) electrons. The number of nitro benzene ring substituents is 1. The molecular formula is C27H25N5O5S. The molecule has 10 nitrogen and oxygen atoms in total. The molecule has 1 fully saturated rings. The highest BCUT2D eigenvalue weighted by molar-refractivity contribution is 7.80. The fraction of sp³-hybridized carbons (Fsp3) is 0.222. The Balaban J connectivity index is 1.29. The van der Waals surface area contributed by atoms with Crippen LogP contribution in [0, 0.1) is 24.0 Å². The van der Waals surface area contributed by atoms with Crippen molar-refractivity contribution < 1.29 is 18.9 Å². The molecule has 0 spiro atoms. The maximum atomic E-state index is 12.8. The SMILES string of the molecule is Cc1cc(C)cc(-c2nc3cc(NC(=S)NC(=O)c4ccc(N5CCOCC5)c([N+](=O)[O-])c4)ccc3o2)c1. The minimum atomic E-state index is -0.557. The molecule has 1 saturated heterocycles. The predicted molar refractivity (Wildman–Crippen MR) is 149 cm³/mol. The van der Waals surface area contributed by atoms with Gasteiger partial charge in [0.25, 0.3) is 11.6 Å². The monoisotopic (exact) mass is 531 g/mol. The van der Waals surface area contributed by atoms with Gasteiger partial charge in [0.1, 0.15) is 11.2 Å². The van der Waals surface area contributed by atoms with E-state index in [-0.39, 0.29) is 16.4 Å². The number of hydrogen-bond acceptors (Lipinski definition) is 8. The van der Waals surface area contributed by atoms with Gasteiger partial charge < -0.3 is 19.4 Å². The van der Waals surface area contributed by atoms with Gasteiger partial charge >= 0.3 is 0 Å². The highest BCUT2D eigenvalue weighted by atomic mass is 32.1. The fourth-order valence-electron chi connectivity index (χ4n) is 4.45. The van der Waals surface area contributed by atoms with Gasteiger partial charge in [-0.25, -0.2) is 4.98 Å². The fourth-order valence-corrected chi connectivity index (χ4v) is 4.66. The van der Waals surface area contributed by atoms with Gasteiger partial charge in [-0.05, 0) is 68.5 Å². The lowest BCUT2D eigenvalue weighted by Gasteiger charge is -2.28. The lowest BCUT2D eigenvalue weighted by Crippen LogP contribution is -2.37. The second-order valence-corrected chi connectivity index (χ2v) is 9.45. The van der Waals surface area contributed by atoms with E-state index in [9.17, 15) is 14.9 Å². The molecule has 1 amide bonds. The molecule has 0 unspecified atom stereocenters. The summed E-state index contributed by atoms with van der Waals surface area (Å²) in [4.78, 5) is 30.5. The molecule has 38 heavy (non-hydrogen) atoms. The van der Waals surface area contributed by atoms with Crippen molar-refractivity contribution >= 4 is 51.4 Å². The number of nitrogens with zero attached hydrogens (tertiary/aromatic N) is 3. The lowest BCUT2D eigenvalue weighted by molar-refractivity contribution is -0.384. The number of carbonyl (C=O) groups excluding carboxylic acids is 1. The molecular weight excluding hydrogens is 506 g/mol. The molecule has 4 aromatic rings. The number of rotatable bonds is 5. The van der Waals surface area contributed by atoms with Gasteiger partial charge in [-0.2, -0.15) is 0 Å². The van der Waals surface area contributed by atoms with Crippen LogP contribution in [0.2, 0.25) is 0 Å². The third kappa shape index (κ3) is 5.48. The van der Waals surface area contributed by atoms with Crippen molar-refractivity contribution in [2.75, 3.05) is 36.5 Å². The maximum absolute atomic E-state index is 12.8. The summed E-state index contributed by atoms with van der Waals surface area (Å²) in [5.41, 5.74) is 5.43. The summed E-state index contributed by atoms with van der Waals surface area (Å²) < 4.78 is 11.2. The van der Waals surface area contributed by atoms with Crippen LogP contribution in [0.15, 0.2) is 59.0 Å². The Bertz CT molecular complexity index is 1540. The van der Waals surface area contributed by atoms with Gasteiger partial charge in [-0.3, -0.25) is 20.2 Å². The number of oxazole rings is 1. The number of anilines is 2. The van der Waals surface area contributed by atoms with Crippen molar-refractivity contribution in [2.45, 2.75) is 13.8 Å². The van der Waals surface area contributed by atoms with Crippen molar-refractivity contribution in [3.8, 4) is 11.5 Å². The summed E-state index contributed by atoms with van der Waals surface area (Å²) in [7, 11) is 0. The number of ether oxygens (including phenoxy) is 1. The minimum Gasteiger partial charge on any atom is -0.436 e. The predicted octanol–water partition coefficient (Wildman–Crippen LogP) is 4.98. The number of thiocarbonyl (C=S) groups is 1. The van der Waals surface area contributed by atoms with Crippen LogP contribution in [0.4, 0.5) is 17.1 Å². The van der Waals surface area contributed by atoms with Gasteiger partial charge in [-0.1, -0.05) is 17.2 Å². The van der Waals surface area contributed by atoms with E-state index in [2.05, 4.69) is 21.7 Å². The molecule has 1 aromatic heterocycles. The number of carbonyl (C=O) groups is 1. The first-order chi connectivity index (χ1) is 18.3. The molecule has 0 atom stereocenters. The Morgan fingerprint density at radius 3 is 2.50 bits per heavy atom. The average Bonchev–Trinajstić information content (AvgIpc) is 3.32. The van der Waals surface area contributed by atoms with Crippen LogP contribution in [0.25, 0.3) is 22.6 Å². The van der Waals surface area contributed by atoms with Crippen molar-refractivity contribution in [1.29, 1.82) is 0 Å². The van der Waals surface area contributed by atoms with E-state index in [0.717, 1.165) is 16.7 Å². The standard InChI is InChI=1S/C27H25N5O5S/c1-16-11-17(2)13-19(12-16)26-29-21-15-20(4-6-24(21)37-26)28-27(38)30-25(33)18-3-5-22(23(14-18)32(34)35)31-7-9-36-10-8-31/h3-6,11-15H,7-10H2,1-2H3,(H2,28,30,33,38). The smallest absolute Gasteiger partial charge is 0.293 e. The normalized spacial score (nSPS) is 13.4. The molecule has 2 heterocycles. The third-order valence-corrected chi connectivity index (χ3v) is 6.33. The Kier molecular flexibility index (Phi) is 7.03. The number of morpholine rings is 1. The van der Waals surface area contributed by atoms with Crippen LogP contribution < -0.4 is 15.5 Å². The van der Waals surface area contributed by atoms with E-state index in [4.69, 9.17) is 21.4 Å². The number of nitrogens with one attached hydrogen (secondary N) is 2. The zero-order valence-corrected chi connectivity index (χ0v) is 21.6. The maximum Gasteiger partial charge on any atom is 0.293 e. The van der Waals surface area contributed by atoms with Crippen molar-refractivity contribution in [3.05, 3.63) is 81.4 Å². The summed E-state index contributed by atoms with van der Waals surface area (Å²) >= 11 is 5.32. The van der Waals surface area contributed by atoms with E-state index in [0.29, 0.717) is 54.7 Å². The molecule has 11 heteroatoms. The number of fused-ring (bicyclic) bond motifs is 1. The van der Waals surface area contributed by atoms with Crippen LogP contribution in [-0.4, -0.2) is 47.2 Å². The number of nitro groups is 1. The molecule has 2 N–H and O–H groups in total. The largest absolute Gasteiger partial charge is 0.436 e. The molecule has 1 aliphatic rings. The van der Waals surface area contributed by atoms with E-state index in [1.54, 1.807) is 30.3 Å². The van der Waals surface area contributed by atoms with Crippen LogP contribution >= 0.6 is 12.2 Å². The number of hydrogen-bond donors (Lipinski definition) is 2. The number of benzene rings is 3. The number of aryl methyl sites for hydroxylation is 2. The summed E-state index contributed by atoms with van der Waals surface area (Å²) in [5, 5.41) is 17.3. The zero-order valence-electron chi connectivity index (χ0n) is 20.8. The number of amides is 1. The van der Waals surface area contributed by atoms with Crippen LogP contribution in [-0.2, 0) is 4.74 Å². The highest BCUT2D eigenvalue weighted by Gasteiger charge is 2.23. The summed E-state index contributed by atoms with van der Waals surface area (Å²) in [6.45, 7) is 6.11. The molecule has 0 bridgehead atoms. The van der Waals surface area contributed by atoms with Crippen LogP contribution in [0.3, 0.4) is 0 Å². The van der Waals surface area contributed by atoms with Crippen LogP contribution in [0.5, 0.6) is 0 Å². The molecule has 0 saturated carbocycles. The first-order valence-corrected chi connectivity index (χ1v) is 12.4. The molecule has 3 aromatic carbocycles. The van der Waals surface area contributed by atoms with E-state index in [1.807, 2.05) is 30.9 Å². The van der Waals surface area contributed by atoms with E-state index in [1.165, 1.54) is 6.07 Å². The highest BCUT2D eigenvalue weighted by Crippen LogP contribution is 2.30. The van der Waals surface area contributed by atoms with Gasteiger partial charge in [0.2, 0.25) is 5.89 Å². The van der Waals surface area contributed by atoms with Gasteiger partial charge in [0, 0.05) is 36.0 Å². The Morgan fingerprint density at radius 1 is 1.05 bits per heavy atom. The first kappa shape index (κ1) is 25.3. The van der Waals surface area contributed by atoms with Crippen molar-refractivity contribution in [1.82, 2.24) is 10.3 Å². The van der Waals surface area contributed by atoms with Crippen molar-refractivity contribution in [2.24, 2.45) is 0 Å². The second kappa shape index (κ2) is 10.6. The Hall–Kier alpha value is -4.35. The van der Waals surface area contributed by atoms with Gasteiger partial charge in [0.05, 0.1) is 18.1 Å². The quantitative estimate of drug-likeness (QED) is 0.208. The molecule has 0 aliphatic carbocycles. The van der Waals surface area contributed by atoms with Crippen LogP contribution in [0.1, 0.15) is 21.5 Å². The minimum absolute atomic E-state index is 0.0484. The van der Waals surface area contributed by atoms with Gasteiger partial charge in [-0.15, -0.1) is 0 Å². The molecule has 194 valence electrons. The van der Waals surface area contributed by atoms with E-state index < -0.39 is 10.8 Å². The number of aromatic nitrogens is 1. The molecule has 1 aliphatic heterocycles. The second-order valence-electron chi connectivity index (χ2n) is 9.05. The van der Waals surface area contributed by atoms with Gasteiger partial charge in [0.15, 0.2) is 10.7 Å². The summed E-state index contributed by atoms with van der Waals surface area (Å²) in [6, 6.07) is 15.8. The summed E-state index contributed by atoms with van der Waals surface area (Å²) in [5.74, 6) is -0.0410. The topological polar surface area (TPSA) is 123 Å². The molecule has 5 rings (SSSR count). The third-order valence-electron chi connectivity index (χ3n) is 6.13. The lowest BCUT2D eigenvalue weighted by atomic mass is 10.1.